The molecule has 1 aromatic rings. The van der Waals surface area contributed by atoms with Gasteiger partial charge in [0.1, 0.15) is 0 Å². The second-order valence-electron chi connectivity index (χ2n) is 5.99. The van der Waals surface area contributed by atoms with Crippen LogP contribution < -0.4 is 0 Å². The van der Waals surface area contributed by atoms with Crippen LogP contribution in [0, 0.1) is 5.92 Å². The van der Waals surface area contributed by atoms with Gasteiger partial charge in [-0.25, -0.2) is 0 Å². The highest BCUT2D eigenvalue weighted by Crippen LogP contribution is 2.35. The molecule has 100 valence electrons. The normalized spacial score (nSPS) is 21.1. The minimum atomic E-state index is 0.627. The smallest absolute Gasteiger partial charge is 0.0350 e. The van der Waals surface area contributed by atoms with Crippen LogP contribution >= 0.6 is 0 Å². The van der Waals surface area contributed by atoms with E-state index in [-0.39, 0.29) is 0 Å². The Morgan fingerprint density at radius 1 is 1.28 bits per heavy atom. The summed E-state index contributed by atoms with van der Waals surface area (Å²) in [6.45, 7) is 7.01. The van der Waals surface area contributed by atoms with Crippen molar-refractivity contribution in [2.75, 3.05) is 7.05 Å². The molecule has 0 N–H and O–H groups in total. The largest absolute Gasteiger partial charge is 0.296 e. The topological polar surface area (TPSA) is 3.24 Å². The van der Waals surface area contributed by atoms with Gasteiger partial charge in [-0.1, -0.05) is 45.0 Å². The highest BCUT2D eigenvalue weighted by atomic mass is 15.2. The molecule has 2 unspecified atom stereocenters. The van der Waals surface area contributed by atoms with Crippen LogP contribution in [-0.2, 0) is 6.42 Å². The van der Waals surface area contributed by atoms with Crippen LogP contribution in [0.1, 0.15) is 57.2 Å². The summed E-state index contributed by atoms with van der Waals surface area (Å²) in [5.41, 5.74) is 3.14. The molecule has 0 amide bonds. The van der Waals surface area contributed by atoms with Gasteiger partial charge in [-0.15, -0.1) is 0 Å². The van der Waals surface area contributed by atoms with Crippen LogP contribution in [0.15, 0.2) is 24.3 Å². The fourth-order valence-corrected chi connectivity index (χ4v) is 3.61. The molecule has 2 atom stereocenters. The molecule has 1 aromatic carbocycles. The predicted octanol–water partition coefficient (Wildman–Crippen LogP) is 4.43. The van der Waals surface area contributed by atoms with Crippen molar-refractivity contribution >= 4 is 0 Å². The molecule has 0 saturated heterocycles. The number of nitrogens with zero attached hydrogens (tertiary/aromatic N) is 1. The first-order valence-electron chi connectivity index (χ1n) is 7.44. The fraction of sp³-hybridized carbons (Fsp3) is 0.647. The maximum atomic E-state index is 2.63. The van der Waals surface area contributed by atoms with Crippen LogP contribution in [0.4, 0.5) is 0 Å². The Labute approximate surface area is 112 Å². The lowest BCUT2D eigenvalue weighted by Gasteiger charge is -2.40. The molecule has 2 rings (SSSR count). The maximum absolute atomic E-state index is 2.63. The molecular formula is C17H27N. The van der Waals surface area contributed by atoms with Gasteiger partial charge in [0.2, 0.25) is 0 Å². The van der Waals surface area contributed by atoms with Crippen molar-refractivity contribution in [3.63, 3.8) is 0 Å². The van der Waals surface area contributed by atoms with Gasteiger partial charge in [0.15, 0.2) is 0 Å². The molecule has 1 nitrogen and oxygen atoms in total. The van der Waals surface area contributed by atoms with Crippen LogP contribution in [-0.4, -0.2) is 18.0 Å². The first kappa shape index (κ1) is 13.6. The quantitative estimate of drug-likeness (QED) is 0.758. The number of rotatable bonds is 4. The number of aryl methyl sites for hydroxylation is 1. The molecule has 1 aliphatic carbocycles. The minimum absolute atomic E-state index is 0.627. The molecule has 1 aliphatic rings. The Balaban J connectivity index is 2.24. The summed E-state index contributed by atoms with van der Waals surface area (Å²) in [6, 6.07) is 10.3. The van der Waals surface area contributed by atoms with Gasteiger partial charge in [-0.3, -0.25) is 4.90 Å². The minimum Gasteiger partial charge on any atom is -0.296 e. The van der Waals surface area contributed by atoms with E-state index in [9.17, 15) is 0 Å². The molecule has 0 radical (unpaired) electrons. The van der Waals surface area contributed by atoms with Crippen molar-refractivity contribution in [3.8, 4) is 0 Å². The van der Waals surface area contributed by atoms with Crippen molar-refractivity contribution in [2.24, 2.45) is 5.92 Å². The summed E-state index contributed by atoms with van der Waals surface area (Å²) in [4.78, 5) is 2.63. The van der Waals surface area contributed by atoms with Crippen molar-refractivity contribution in [1.82, 2.24) is 4.90 Å². The van der Waals surface area contributed by atoms with Crippen LogP contribution in [0.3, 0.4) is 0 Å². The summed E-state index contributed by atoms with van der Waals surface area (Å²) in [7, 11) is 2.32. The average molecular weight is 245 g/mol. The highest BCUT2D eigenvalue weighted by Gasteiger charge is 2.28. The van der Waals surface area contributed by atoms with E-state index < -0.39 is 0 Å². The standard InChI is InChI=1S/C17H27N/c1-5-16(13(2)3)18(4)17-12-8-10-14-9-6-7-11-15(14)17/h6-7,9,11,13,16-17H,5,8,10,12H2,1-4H3. The van der Waals surface area contributed by atoms with E-state index in [1.807, 2.05) is 0 Å². The van der Waals surface area contributed by atoms with Gasteiger partial charge in [0.05, 0.1) is 0 Å². The van der Waals surface area contributed by atoms with Crippen LogP contribution in [0.5, 0.6) is 0 Å². The van der Waals surface area contributed by atoms with Crippen molar-refractivity contribution in [3.05, 3.63) is 35.4 Å². The van der Waals surface area contributed by atoms with Gasteiger partial charge in [0.25, 0.3) is 0 Å². The van der Waals surface area contributed by atoms with E-state index in [4.69, 9.17) is 0 Å². The Kier molecular flexibility index (Phi) is 4.45. The third-order valence-electron chi connectivity index (χ3n) is 4.54. The second kappa shape index (κ2) is 5.88. The van der Waals surface area contributed by atoms with E-state index in [1.165, 1.54) is 25.7 Å². The first-order valence-corrected chi connectivity index (χ1v) is 7.44. The third kappa shape index (κ3) is 2.61. The van der Waals surface area contributed by atoms with Gasteiger partial charge in [-0.05, 0) is 49.8 Å². The lowest BCUT2D eigenvalue weighted by Crippen LogP contribution is -2.39. The zero-order valence-electron chi connectivity index (χ0n) is 12.3. The zero-order valence-corrected chi connectivity index (χ0v) is 12.3. The van der Waals surface area contributed by atoms with E-state index >= 15 is 0 Å². The highest BCUT2D eigenvalue weighted by molar-refractivity contribution is 5.32. The number of hydrogen-bond donors (Lipinski definition) is 0. The molecular weight excluding hydrogens is 218 g/mol. The summed E-state index contributed by atoms with van der Waals surface area (Å²) < 4.78 is 0. The molecule has 0 aromatic heterocycles. The van der Waals surface area contributed by atoms with Crippen molar-refractivity contribution in [1.29, 1.82) is 0 Å². The molecule has 0 spiro atoms. The number of benzene rings is 1. The van der Waals surface area contributed by atoms with Gasteiger partial charge >= 0.3 is 0 Å². The van der Waals surface area contributed by atoms with Gasteiger partial charge in [-0.2, -0.15) is 0 Å². The molecule has 0 heterocycles. The first-order chi connectivity index (χ1) is 8.65. The number of hydrogen-bond acceptors (Lipinski definition) is 1. The molecule has 1 heteroatoms. The Hall–Kier alpha value is -0.820. The Bertz CT molecular complexity index is 383. The van der Waals surface area contributed by atoms with Gasteiger partial charge < -0.3 is 0 Å². The summed E-state index contributed by atoms with van der Waals surface area (Å²) in [5.74, 6) is 0.731. The van der Waals surface area contributed by atoms with Gasteiger partial charge in [0, 0.05) is 12.1 Å². The second-order valence-corrected chi connectivity index (χ2v) is 5.99. The predicted molar refractivity (Wildman–Crippen MR) is 78.8 cm³/mol. The molecule has 0 saturated carbocycles. The molecule has 18 heavy (non-hydrogen) atoms. The third-order valence-corrected chi connectivity index (χ3v) is 4.54. The van der Waals surface area contributed by atoms with E-state index in [0.29, 0.717) is 12.1 Å². The fourth-order valence-electron chi connectivity index (χ4n) is 3.61. The van der Waals surface area contributed by atoms with E-state index in [2.05, 4.69) is 57.0 Å². The zero-order chi connectivity index (χ0) is 13.1. The summed E-state index contributed by atoms with van der Waals surface area (Å²) >= 11 is 0. The Morgan fingerprint density at radius 3 is 2.67 bits per heavy atom. The van der Waals surface area contributed by atoms with Crippen molar-refractivity contribution in [2.45, 2.75) is 58.5 Å². The lowest BCUT2D eigenvalue weighted by atomic mass is 9.85. The SMILES string of the molecule is CCC(C(C)C)N(C)C1CCCc2ccccc21. The molecule has 0 aliphatic heterocycles. The van der Waals surface area contributed by atoms with E-state index in [0.717, 1.165) is 5.92 Å². The van der Waals surface area contributed by atoms with Crippen LogP contribution in [0.25, 0.3) is 0 Å². The molecule has 0 fully saturated rings. The Morgan fingerprint density at radius 2 is 2.00 bits per heavy atom. The van der Waals surface area contributed by atoms with E-state index in [1.54, 1.807) is 11.1 Å². The summed E-state index contributed by atoms with van der Waals surface area (Å²) in [6.07, 6.45) is 5.16. The number of fused-ring (bicyclic) bond motifs is 1. The monoisotopic (exact) mass is 245 g/mol. The summed E-state index contributed by atoms with van der Waals surface area (Å²) in [5, 5.41) is 0. The molecule has 0 bridgehead atoms. The maximum Gasteiger partial charge on any atom is 0.0350 e. The van der Waals surface area contributed by atoms with Crippen LogP contribution in [0.2, 0.25) is 0 Å². The average Bonchev–Trinajstić information content (AvgIpc) is 2.38. The van der Waals surface area contributed by atoms with Crippen molar-refractivity contribution < 1.29 is 0 Å². The lowest BCUT2D eigenvalue weighted by molar-refractivity contribution is 0.119.